The summed E-state index contributed by atoms with van der Waals surface area (Å²) in [5.74, 6) is 1.78. The molecular formula is C22H25N3O4. The summed E-state index contributed by atoms with van der Waals surface area (Å²) in [6, 6.07) is 7.68. The van der Waals surface area contributed by atoms with Crippen LogP contribution in [0, 0.1) is 5.92 Å². The molecule has 152 valence electrons. The van der Waals surface area contributed by atoms with Gasteiger partial charge in [-0.15, -0.1) is 0 Å². The quantitative estimate of drug-likeness (QED) is 0.778. The molecule has 4 heterocycles. The number of piperidine rings is 1. The minimum atomic E-state index is -0.338. The molecule has 1 aromatic heterocycles. The van der Waals surface area contributed by atoms with Crippen molar-refractivity contribution in [2.45, 2.75) is 37.4 Å². The Bertz CT molecular complexity index is 896. The molecule has 7 nitrogen and oxygen atoms in total. The molecule has 0 radical (unpaired) electrons. The van der Waals surface area contributed by atoms with Gasteiger partial charge in [-0.1, -0.05) is 12.1 Å². The van der Waals surface area contributed by atoms with Gasteiger partial charge in [-0.2, -0.15) is 0 Å². The molecule has 0 N–H and O–H groups in total. The van der Waals surface area contributed by atoms with E-state index in [-0.39, 0.29) is 23.5 Å². The summed E-state index contributed by atoms with van der Waals surface area (Å²) in [5.41, 5.74) is 1.18. The van der Waals surface area contributed by atoms with Crippen molar-refractivity contribution in [1.82, 2.24) is 14.9 Å². The molecule has 0 bridgehead atoms. The maximum atomic E-state index is 12.8. The van der Waals surface area contributed by atoms with Crippen molar-refractivity contribution >= 4 is 5.91 Å². The normalized spacial score (nSPS) is 24.9. The van der Waals surface area contributed by atoms with Crippen molar-refractivity contribution in [1.29, 1.82) is 0 Å². The summed E-state index contributed by atoms with van der Waals surface area (Å²) >= 11 is 0. The molecule has 0 unspecified atom stereocenters. The molecular weight excluding hydrogens is 370 g/mol. The van der Waals surface area contributed by atoms with Gasteiger partial charge in [0.25, 0.3) is 5.91 Å². The Labute approximate surface area is 170 Å². The Morgan fingerprint density at radius 1 is 1.28 bits per heavy atom. The number of rotatable bonds is 2. The van der Waals surface area contributed by atoms with Crippen LogP contribution < -0.4 is 9.47 Å². The number of amides is 1. The lowest BCUT2D eigenvalue weighted by atomic mass is 9.70. The van der Waals surface area contributed by atoms with Crippen LogP contribution in [0.15, 0.2) is 36.8 Å². The molecule has 5 rings (SSSR count). The van der Waals surface area contributed by atoms with Gasteiger partial charge in [0.05, 0.1) is 13.2 Å². The smallest absolute Gasteiger partial charge is 0.272 e. The van der Waals surface area contributed by atoms with E-state index in [1.54, 1.807) is 19.4 Å². The number of carbonyl (C=O) groups excluding carboxylic acids is 1. The highest BCUT2D eigenvalue weighted by Crippen LogP contribution is 2.55. The summed E-state index contributed by atoms with van der Waals surface area (Å²) in [5, 5.41) is 0. The maximum absolute atomic E-state index is 12.8. The monoisotopic (exact) mass is 395 g/mol. The van der Waals surface area contributed by atoms with E-state index in [1.165, 1.54) is 6.33 Å². The number of fused-ring (bicyclic) bond motifs is 4. The molecule has 2 saturated heterocycles. The van der Waals surface area contributed by atoms with Crippen molar-refractivity contribution in [2.75, 3.05) is 26.8 Å². The third-order valence-corrected chi connectivity index (χ3v) is 6.54. The van der Waals surface area contributed by atoms with Gasteiger partial charge in [-0.3, -0.25) is 4.79 Å². The van der Waals surface area contributed by atoms with Gasteiger partial charge in [-0.25, -0.2) is 9.97 Å². The van der Waals surface area contributed by atoms with E-state index in [1.807, 2.05) is 17.0 Å². The standard InChI is InChI=1S/C22H25N3O4/c1-27-18-6-2-4-15-19-16(5-3-13-28-19)22(29-20(15)18)8-11-25(12-9-22)21(26)17-7-10-23-14-24-17/h2,4,6-7,10,14,16,19H,3,5,8-9,11-13H2,1H3/t16-,19+/m0/s1. The fraction of sp³-hybridized carbons (Fsp3) is 0.500. The summed E-state index contributed by atoms with van der Waals surface area (Å²) in [6.45, 7) is 2.04. The number of aromatic nitrogens is 2. The fourth-order valence-corrected chi connectivity index (χ4v) is 5.07. The number of carbonyl (C=O) groups is 1. The number of nitrogens with zero attached hydrogens (tertiary/aromatic N) is 3. The van der Waals surface area contributed by atoms with E-state index in [2.05, 4.69) is 16.0 Å². The number of hydrogen-bond acceptors (Lipinski definition) is 6. The number of para-hydroxylation sites is 1. The van der Waals surface area contributed by atoms with Crippen LogP contribution in [0.2, 0.25) is 0 Å². The van der Waals surface area contributed by atoms with E-state index in [0.29, 0.717) is 18.8 Å². The highest BCUT2D eigenvalue weighted by Gasteiger charge is 2.53. The molecule has 0 saturated carbocycles. The molecule has 3 aliphatic heterocycles. The Hall–Kier alpha value is -2.67. The van der Waals surface area contributed by atoms with E-state index >= 15 is 0 Å². The minimum absolute atomic E-state index is 0.0201. The van der Waals surface area contributed by atoms with Crippen LogP contribution in [-0.4, -0.2) is 53.2 Å². The van der Waals surface area contributed by atoms with E-state index in [9.17, 15) is 4.79 Å². The molecule has 29 heavy (non-hydrogen) atoms. The maximum Gasteiger partial charge on any atom is 0.272 e. The topological polar surface area (TPSA) is 73.8 Å². The second-order valence-corrected chi connectivity index (χ2v) is 7.97. The first-order chi connectivity index (χ1) is 14.2. The SMILES string of the molecule is COc1cccc2c1OC1(CCN(C(=O)c3ccncn3)CC1)[C@H]1CCCO[C@H]21. The largest absolute Gasteiger partial charge is 0.493 e. The molecule has 7 heteroatoms. The van der Waals surface area contributed by atoms with E-state index in [4.69, 9.17) is 14.2 Å². The van der Waals surface area contributed by atoms with Crippen LogP contribution in [0.3, 0.4) is 0 Å². The van der Waals surface area contributed by atoms with Crippen molar-refractivity contribution in [3.8, 4) is 11.5 Å². The first-order valence-corrected chi connectivity index (χ1v) is 10.2. The van der Waals surface area contributed by atoms with Crippen molar-refractivity contribution in [3.05, 3.63) is 48.0 Å². The van der Waals surface area contributed by atoms with Crippen molar-refractivity contribution in [2.24, 2.45) is 5.92 Å². The first kappa shape index (κ1) is 18.4. The molecule has 0 aliphatic carbocycles. The van der Waals surface area contributed by atoms with Crippen LogP contribution in [0.1, 0.15) is 47.8 Å². The van der Waals surface area contributed by atoms with Gasteiger partial charge in [0.1, 0.15) is 17.6 Å². The van der Waals surface area contributed by atoms with E-state index < -0.39 is 0 Å². The number of hydrogen-bond donors (Lipinski definition) is 0. The summed E-state index contributed by atoms with van der Waals surface area (Å²) in [7, 11) is 1.67. The fourth-order valence-electron chi connectivity index (χ4n) is 5.07. The average molecular weight is 395 g/mol. The van der Waals surface area contributed by atoms with Gasteiger partial charge in [-0.05, 0) is 25.0 Å². The average Bonchev–Trinajstić information content (AvgIpc) is 2.80. The number of ether oxygens (including phenoxy) is 3. The summed E-state index contributed by atoms with van der Waals surface area (Å²) in [6.07, 6.45) is 6.68. The molecule has 1 spiro atoms. The zero-order chi connectivity index (χ0) is 19.8. The van der Waals surface area contributed by atoms with Crippen LogP contribution >= 0.6 is 0 Å². The Balaban J connectivity index is 1.42. The zero-order valence-corrected chi connectivity index (χ0v) is 16.5. The second kappa shape index (κ2) is 7.30. The lowest BCUT2D eigenvalue weighted by Crippen LogP contribution is -2.57. The van der Waals surface area contributed by atoms with Crippen LogP contribution in [0.25, 0.3) is 0 Å². The van der Waals surface area contributed by atoms with Gasteiger partial charge < -0.3 is 19.1 Å². The highest BCUT2D eigenvalue weighted by molar-refractivity contribution is 5.92. The molecule has 1 aromatic carbocycles. The highest BCUT2D eigenvalue weighted by atomic mass is 16.5. The summed E-state index contributed by atoms with van der Waals surface area (Å²) < 4.78 is 18.5. The first-order valence-electron chi connectivity index (χ1n) is 10.2. The summed E-state index contributed by atoms with van der Waals surface area (Å²) in [4.78, 5) is 22.7. The Kier molecular flexibility index (Phi) is 4.62. The molecule has 1 amide bonds. The van der Waals surface area contributed by atoms with Crippen LogP contribution in [0.4, 0.5) is 0 Å². The Morgan fingerprint density at radius 2 is 2.14 bits per heavy atom. The van der Waals surface area contributed by atoms with Gasteiger partial charge >= 0.3 is 0 Å². The lowest BCUT2D eigenvalue weighted by molar-refractivity contribution is -0.147. The van der Waals surface area contributed by atoms with Gasteiger partial charge in [0, 0.05) is 50.2 Å². The third kappa shape index (κ3) is 3.04. The second-order valence-electron chi connectivity index (χ2n) is 7.97. The minimum Gasteiger partial charge on any atom is -0.493 e. The van der Waals surface area contributed by atoms with E-state index in [0.717, 1.165) is 49.4 Å². The van der Waals surface area contributed by atoms with Crippen molar-refractivity contribution in [3.63, 3.8) is 0 Å². The van der Waals surface area contributed by atoms with Crippen molar-refractivity contribution < 1.29 is 19.0 Å². The number of likely N-dealkylation sites (tertiary alicyclic amines) is 1. The molecule has 2 fully saturated rings. The molecule has 2 atom stereocenters. The lowest BCUT2D eigenvalue weighted by Gasteiger charge is -2.53. The van der Waals surface area contributed by atoms with Gasteiger partial charge in [0.2, 0.25) is 0 Å². The Morgan fingerprint density at radius 3 is 2.90 bits per heavy atom. The molecule has 3 aliphatic rings. The third-order valence-electron chi connectivity index (χ3n) is 6.54. The molecule has 2 aromatic rings. The predicted molar refractivity (Wildman–Crippen MR) is 105 cm³/mol. The predicted octanol–water partition coefficient (Wildman–Crippen LogP) is 3.02. The number of benzene rings is 1. The zero-order valence-electron chi connectivity index (χ0n) is 16.5. The van der Waals surface area contributed by atoms with Gasteiger partial charge in [0.15, 0.2) is 11.5 Å². The number of methoxy groups -OCH3 is 1. The van der Waals surface area contributed by atoms with Crippen LogP contribution in [-0.2, 0) is 4.74 Å². The van der Waals surface area contributed by atoms with Crippen LogP contribution in [0.5, 0.6) is 11.5 Å².